The van der Waals surface area contributed by atoms with Crippen molar-refractivity contribution in [2.75, 3.05) is 0 Å². The van der Waals surface area contributed by atoms with Crippen LogP contribution in [0.3, 0.4) is 0 Å². The van der Waals surface area contributed by atoms with Crippen LogP contribution in [0.15, 0.2) is 16.9 Å². The molecule has 2 aromatic heterocycles. The summed E-state index contributed by atoms with van der Waals surface area (Å²) in [7, 11) is 0. The molecule has 1 saturated carbocycles. The Balaban J connectivity index is 1.59. The fourth-order valence-corrected chi connectivity index (χ4v) is 3.54. The highest BCUT2D eigenvalue weighted by atomic mass is 16.5. The van der Waals surface area contributed by atoms with Gasteiger partial charge in [-0.2, -0.15) is 10.1 Å². The Bertz CT molecular complexity index is 632. The second-order valence-electron chi connectivity index (χ2n) is 6.67. The average Bonchev–Trinajstić information content (AvgIpc) is 3.26. The van der Waals surface area contributed by atoms with Gasteiger partial charge in [0.25, 0.3) is 0 Å². The van der Waals surface area contributed by atoms with Gasteiger partial charge in [-0.25, -0.2) is 0 Å². The minimum atomic E-state index is -0.833. The van der Waals surface area contributed by atoms with Crippen LogP contribution in [0.2, 0.25) is 0 Å². The topological polar surface area (TPSA) is 105 Å². The number of nitrogens with one attached hydrogen (secondary N) is 1. The molecular weight excluding hydrogens is 308 g/mol. The molecule has 130 valence electrons. The van der Waals surface area contributed by atoms with Crippen LogP contribution in [0.25, 0.3) is 11.4 Å². The number of H-pyrrole nitrogens is 1. The molecule has 0 spiro atoms. The van der Waals surface area contributed by atoms with E-state index in [0.717, 1.165) is 24.3 Å². The lowest BCUT2D eigenvalue weighted by Gasteiger charge is -2.21. The van der Waals surface area contributed by atoms with Crippen molar-refractivity contribution < 1.29 is 14.4 Å². The van der Waals surface area contributed by atoms with Crippen molar-refractivity contribution in [3.8, 4) is 11.4 Å². The van der Waals surface area contributed by atoms with E-state index >= 15 is 0 Å². The van der Waals surface area contributed by atoms with Crippen LogP contribution in [-0.2, 0) is 4.79 Å². The Morgan fingerprint density at radius 1 is 1.38 bits per heavy atom. The van der Waals surface area contributed by atoms with Crippen molar-refractivity contribution in [3.05, 3.63) is 18.3 Å². The molecule has 3 rings (SSSR count). The summed E-state index contributed by atoms with van der Waals surface area (Å²) in [6, 6.07) is 0. The summed E-state index contributed by atoms with van der Waals surface area (Å²) in [4.78, 5) is 15.5. The molecule has 1 aliphatic rings. The maximum atomic E-state index is 11.2. The van der Waals surface area contributed by atoms with Crippen molar-refractivity contribution in [2.24, 2.45) is 5.92 Å². The predicted octanol–water partition coefficient (Wildman–Crippen LogP) is 3.77. The van der Waals surface area contributed by atoms with Crippen molar-refractivity contribution in [1.82, 2.24) is 20.3 Å². The Morgan fingerprint density at radius 3 is 2.92 bits per heavy atom. The SMILES string of the molecule is O=C(O)CC(CCCC1CCCCC1)c1nc(-c2cn[nH]c2)no1. The molecule has 2 heterocycles. The number of aromatic amines is 1. The first-order valence-electron chi connectivity index (χ1n) is 8.77. The molecule has 1 atom stereocenters. The fourth-order valence-electron chi connectivity index (χ4n) is 3.54. The standard InChI is InChI=1S/C17H24N4O3/c22-15(23)9-13(8-4-7-12-5-2-1-3-6-12)17-20-16(21-24-17)14-10-18-19-11-14/h10-13H,1-9H2,(H,18,19)(H,22,23). The smallest absolute Gasteiger partial charge is 0.304 e. The second-order valence-corrected chi connectivity index (χ2v) is 6.67. The minimum absolute atomic E-state index is 0.0255. The largest absolute Gasteiger partial charge is 0.481 e. The molecule has 0 aliphatic heterocycles. The highest BCUT2D eigenvalue weighted by molar-refractivity contribution is 5.67. The van der Waals surface area contributed by atoms with E-state index in [1.54, 1.807) is 12.4 Å². The first-order chi connectivity index (χ1) is 11.7. The molecule has 2 aromatic rings. The number of hydrogen-bond acceptors (Lipinski definition) is 5. The number of hydrogen-bond donors (Lipinski definition) is 2. The molecule has 1 fully saturated rings. The lowest BCUT2D eigenvalue weighted by atomic mass is 9.84. The van der Waals surface area contributed by atoms with Gasteiger partial charge in [-0.15, -0.1) is 0 Å². The number of aliphatic carboxylic acids is 1. The minimum Gasteiger partial charge on any atom is -0.481 e. The van der Waals surface area contributed by atoms with Gasteiger partial charge >= 0.3 is 5.97 Å². The van der Waals surface area contributed by atoms with E-state index in [-0.39, 0.29) is 12.3 Å². The molecule has 7 heteroatoms. The third-order valence-electron chi connectivity index (χ3n) is 4.86. The van der Waals surface area contributed by atoms with Crippen LogP contribution in [0.4, 0.5) is 0 Å². The lowest BCUT2D eigenvalue weighted by Crippen LogP contribution is -2.09. The first kappa shape index (κ1) is 16.7. The molecular formula is C17H24N4O3. The van der Waals surface area contributed by atoms with Gasteiger partial charge in [0.15, 0.2) is 0 Å². The molecule has 0 amide bonds. The van der Waals surface area contributed by atoms with E-state index in [9.17, 15) is 9.90 Å². The third-order valence-corrected chi connectivity index (χ3v) is 4.86. The predicted molar refractivity (Wildman–Crippen MR) is 87.3 cm³/mol. The summed E-state index contributed by atoms with van der Waals surface area (Å²) in [5.74, 6) is 0.604. The zero-order valence-electron chi connectivity index (χ0n) is 13.8. The monoisotopic (exact) mass is 332 g/mol. The number of nitrogens with zero attached hydrogens (tertiary/aromatic N) is 3. The maximum Gasteiger partial charge on any atom is 0.304 e. The van der Waals surface area contributed by atoms with E-state index in [1.165, 1.54) is 38.5 Å². The molecule has 0 saturated heterocycles. The highest BCUT2D eigenvalue weighted by Crippen LogP contribution is 2.31. The first-order valence-corrected chi connectivity index (χ1v) is 8.77. The van der Waals surface area contributed by atoms with Gasteiger partial charge in [-0.3, -0.25) is 9.89 Å². The van der Waals surface area contributed by atoms with Gasteiger partial charge in [0.2, 0.25) is 11.7 Å². The normalized spacial score (nSPS) is 17.0. The molecule has 24 heavy (non-hydrogen) atoms. The molecule has 1 aliphatic carbocycles. The van der Waals surface area contributed by atoms with Gasteiger partial charge in [0.1, 0.15) is 0 Å². The van der Waals surface area contributed by atoms with Crippen molar-refractivity contribution in [2.45, 2.75) is 63.7 Å². The van der Waals surface area contributed by atoms with Crippen LogP contribution in [0.1, 0.15) is 69.6 Å². The van der Waals surface area contributed by atoms with Crippen molar-refractivity contribution in [3.63, 3.8) is 0 Å². The van der Waals surface area contributed by atoms with Crippen molar-refractivity contribution in [1.29, 1.82) is 0 Å². The molecule has 0 bridgehead atoms. The highest BCUT2D eigenvalue weighted by Gasteiger charge is 2.23. The Labute approximate surface area is 140 Å². The summed E-state index contributed by atoms with van der Waals surface area (Å²) in [6.45, 7) is 0. The molecule has 1 unspecified atom stereocenters. The summed E-state index contributed by atoms with van der Waals surface area (Å²) < 4.78 is 5.33. The number of carboxylic acid groups (broad SMARTS) is 1. The zero-order chi connectivity index (χ0) is 16.8. The Kier molecular flexibility index (Phi) is 5.61. The fraction of sp³-hybridized carbons (Fsp3) is 0.647. The van der Waals surface area contributed by atoms with E-state index in [2.05, 4.69) is 20.3 Å². The third kappa shape index (κ3) is 4.43. The number of carboxylic acids is 1. The van der Waals surface area contributed by atoms with Crippen LogP contribution in [0, 0.1) is 5.92 Å². The number of aromatic nitrogens is 4. The molecule has 2 N–H and O–H groups in total. The molecule has 0 radical (unpaired) electrons. The summed E-state index contributed by atoms with van der Waals surface area (Å²) in [5.41, 5.74) is 0.737. The van der Waals surface area contributed by atoms with Crippen molar-refractivity contribution >= 4 is 5.97 Å². The average molecular weight is 332 g/mol. The van der Waals surface area contributed by atoms with Gasteiger partial charge < -0.3 is 9.63 Å². The number of carbonyl (C=O) groups is 1. The van der Waals surface area contributed by atoms with E-state index in [0.29, 0.717) is 11.7 Å². The molecule has 0 aromatic carbocycles. The van der Waals surface area contributed by atoms with Gasteiger partial charge in [0, 0.05) is 12.1 Å². The van der Waals surface area contributed by atoms with E-state index < -0.39 is 5.97 Å². The summed E-state index contributed by atoms with van der Waals surface area (Å²) >= 11 is 0. The lowest BCUT2D eigenvalue weighted by molar-refractivity contribution is -0.137. The van der Waals surface area contributed by atoms with Crippen LogP contribution >= 0.6 is 0 Å². The summed E-state index contributed by atoms with van der Waals surface area (Å²) in [5, 5.41) is 19.7. The van der Waals surface area contributed by atoms with Gasteiger partial charge in [-0.05, 0) is 12.3 Å². The van der Waals surface area contributed by atoms with Crippen LogP contribution < -0.4 is 0 Å². The van der Waals surface area contributed by atoms with Crippen LogP contribution in [-0.4, -0.2) is 31.4 Å². The van der Waals surface area contributed by atoms with Crippen LogP contribution in [0.5, 0.6) is 0 Å². The Hall–Kier alpha value is -2.18. The Morgan fingerprint density at radius 2 is 2.21 bits per heavy atom. The number of rotatable bonds is 8. The second kappa shape index (κ2) is 8.08. The van der Waals surface area contributed by atoms with E-state index in [1.807, 2.05) is 0 Å². The van der Waals surface area contributed by atoms with Gasteiger partial charge in [-0.1, -0.05) is 50.1 Å². The zero-order valence-corrected chi connectivity index (χ0v) is 13.8. The van der Waals surface area contributed by atoms with Gasteiger partial charge in [0.05, 0.1) is 18.2 Å². The van der Waals surface area contributed by atoms with E-state index in [4.69, 9.17) is 4.52 Å². The maximum absolute atomic E-state index is 11.2. The summed E-state index contributed by atoms with van der Waals surface area (Å²) in [6.07, 6.45) is 12.9. The quantitative estimate of drug-likeness (QED) is 0.762. The molecule has 7 nitrogen and oxygen atoms in total.